The third-order valence-electron chi connectivity index (χ3n) is 0.607. The monoisotopic (exact) mass is 334 g/mol. The van der Waals surface area contributed by atoms with E-state index in [9.17, 15) is 0 Å². The van der Waals surface area contributed by atoms with E-state index in [2.05, 4.69) is 13.2 Å². The van der Waals surface area contributed by atoms with Gasteiger partial charge in [-0.2, -0.15) is 0 Å². The molecule has 0 nitrogen and oxygen atoms in total. The largest absolute Gasteiger partial charge is 0.365 e. The lowest BCUT2D eigenvalue weighted by atomic mass is 10.8. The van der Waals surface area contributed by atoms with E-state index >= 15 is 0 Å². The lowest BCUT2D eigenvalue weighted by Gasteiger charge is -1.99. The molecule has 0 heterocycles. The number of halogens is 6. The molecule has 0 amide bonds. The predicted octanol–water partition coefficient (Wildman–Crippen LogP) is 5.19. The second-order valence-electron chi connectivity index (χ2n) is 1.85. The normalized spacial score (nSPS) is 11.2. The van der Waals surface area contributed by atoms with Gasteiger partial charge in [0.2, 0.25) is 0 Å². The number of rotatable bonds is 3. The molecule has 8 heteroatoms. The molecule has 0 bridgehead atoms. The highest BCUT2D eigenvalue weighted by molar-refractivity contribution is 7.66. The molecule has 0 spiro atoms. The third-order valence-corrected chi connectivity index (χ3v) is 4.60. The van der Waals surface area contributed by atoms with Crippen molar-refractivity contribution in [2.24, 2.45) is 0 Å². The molecule has 0 unspecified atom stereocenters. The fourth-order valence-corrected chi connectivity index (χ4v) is 1.47. The summed E-state index contributed by atoms with van der Waals surface area (Å²) in [6.45, 7) is 6.73. The SMILES string of the molecule is C=CC[Si](Cl)(Cl)Cl.C=C[Si](Cl)(Cl)Cl. The average Bonchev–Trinajstić information content (AvgIpc) is 1.84. The van der Waals surface area contributed by atoms with Gasteiger partial charge in [0.25, 0.3) is 0 Å². The van der Waals surface area contributed by atoms with Gasteiger partial charge in [-0.25, -0.2) is 0 Å². The van der Waals surface area contributed by atoms with Crippen LogP contribution in [0.4, 0.5) is 0 Å². The van der Waals surface area contributed by atoms with Crippen LogP contribution in [0.1, 0.15) is 0 Å². The quantitative estimate of drug-likeness (QED) is 0.378. The highest BCUT2D eigenvalue weighted by Crippen LogP contribution is 2.24. The minimum atomic E-state index is -2.45. The molecular weight excluding hydrogens is 329 g/mol. The molecule has 0 saturated carbocycles. The van der Waals surface area contributed by atoms with Gasteiger partial charge in [0, 0.05) is 6.04 Å². The Morgan fingerprint density at radius 2 is 1.23 bits per heavy atom. The molecule has 0 aliphatic heterocycles. The standard InChI is InChI=1S/C3H5Cl3Si.C2H3Cl3Si/c1-2-3-7(4,5)6;1-2-6(3,4)5/h2H,1,3H2;2H,1H2. The van der Waals surface area contributed by atoms with Gasteiger partial charge in [0.1, 0.15) is 0 Å². The second kappa shape index (κ2) is 7.88. The summed E-state index contributed by atoms with van der Waals surface area (Å²) in [5.41, 5.74) is 1.37. The summed E-state index contributed by atoms with van der Waals surface area (Å²) in [6.07, 6.45) is 1.62. The van der Waals surface area contributed by atoms with Crippen LogP contribution in [0.15, 0.2) is 24.9 Å². The summed E-state index contributed by atoms with van der Waals surface area (Å²) in [7, 11) is 0. The highest BCUT2D eigenvalue weighted by Gasteiger charge is 2.21. The fourth-order valence-electron chi connectivity index (χ4n) is 0.164. The summed E-state index contributed by atoms with van der Waals surface area (Å²) in [4.78, 5) is 0. The molecule has 78 valence electrons. The topological polar surface area (TPSA) is 0 Å². The van der Waals surface area contributed by atoms with Crippen molar-refractivity contribution in [3.8, 4) is 0 Å². The molecule has 0 N–H and O–H groups in total. The summed E-state index contributed by atoms with van der Waals surface area (Å²) >= 11 is 32.1. The van der Waals surface area contributed by atoms with Crippen LogP contribution in [0, 0.1) is 0 Å². The van der Waals surface area contributed by atoms with Crippen molar-refractivity contribution in [3.63, 3.8) is 0 Å². The summed E-state index contributed by atoms with van der Waals surface area (Å²) in [6, 6.07) is -4.27. The maximum atomic E-state index is 5.43. The minimum Gasteiger partial charge on any atom is -0.126 e. The van der Waals surface area contributed by atoms with Crippen molar-refractivity contribution in [2.75, 3.05) is 0 Å². The van der Waals surface area contributed by atoms with Gasteiger partial charge >= 0.3 is 12.0 Å². The summed E-state index contributed by atoms with van der Waals surface area (Å²) < 4.78 is 0. The van der Waals surface area contributed by atoms with Gasteiger partial charge in [0.05, 0.1) is 0 Å². The van der Waals surface area contributed by atoms with Crippen molar-refractivity contribution >= 4 is 78.5 Å². The van der Waals surface area contributed by atoms with E-state index in [1.165, 1.54) is 5.70 Å². The first-order valence-electron chi connectivity index (χ1n) is 3.00. The smallest absolute Gasteiger partial charge is 0.126 e. The Kier molecular flexibility index (Phi) is 10.3. The lowest BCUT2D eigenvalue weighted by Crippen LogP contribution is -2.05. The first-order valence-corrected chi connectivity index (χ1v) is 13.4. The zero-order valence-electron chi connectivity index (χ0n) is 6.54. The number of hydrogen-bond donors (Lipinski definition) is 0. The Morgan fingerprint density at radius 3 is 1.23 bits per heavy atom. The Balaban J connectivity index is 0. The van der Waals surface area contributed by atoms with Crippen LogP contribution >= 0.6 is 66.5 Å². The van der Waals surface area contributed by atoms with Gasteiger partial charge in [-0.15, -0.1) is 79.6 Å². The molecule has 0 aromatic heterocycles. The molecule has 0 atom stereocenters. The Hall–Kier alpha value is 1.65. The molecular formula is C5H8Cl6Si2. The van der Waals surface area contributed by atoms with Crippen molar-refractivity contribution in [2.45, 2.75) is 6.04 Å². The van der Waals surface area contributed by atoms with Crippen molar-refractivity contribution in [1.82, 2.24) is 0 Å². The van der Waals surface area contributed by atoms with E-state index in [0.717, 1.165) is 0 Å². The Labute approximate surface area is 109 Å². The van der Waals surface area contributed by atoms with Crippen LogP contribution < -0.4 is 0 Å². The number of allylic oxidation sites excluding steroid dienone is 1. The third kappa shape index (κ3) is 24.8. The van der Waals surface area contributed by atoms with Gasteiger partial charge < -0.3 is 0 Å². The van der Waals surface area contributed by atoms with E-state index in [1.807, 2.05) is 0 Å². The van der Waals surface area contributed by atoms with Crippen LogP contribution in [0.5, 0.6) is 0 Å². The Bertz CT molecular complexity index is 157. The first kappa shape index (κ1) is 17.1. The van der Waals surface area contributed by atoms with Gasteiger partial charge in [0.15, 0.2) is 0 Å². The Morgan fingerprint density at radius 1 is 0.923 bits per heavy atom. The molecule has 0 aromatic rings. The van der Waals surface area contributed by atoms with Crippen LogP contribution in [0.2, 0.25) is 6.04 Å². The fraction of sp³-hybridized carbons (Fsp3) is 0.200. The molecule has 0 saturated heterocycles. The predicted molar refractivity (Wildman–Crippen MR) is 71.8 cm³/mol. The van der Waals surface area contributed by atoms with Crippen LogP contribution in [-0.2, 0) is 0 Å². The maximum absolute atomic E-state index is 5.43. The van der Waals surface area contributed by atoms with Crippen LogP contribution in [-0.4, -0.2) is 12.0 Å². The summed E-state index contributed by atoms with van der Waals surface area (Å²) in [5.74, 6) is 0. The minimum absolute atomic E-state index is 0.539. The van der Waals surface area contributed by atoms with E-state index in [4.69, 9.17) is 66.5 Å². The van der Waals surface area contributed by atoms with E-state index < -0.39 is 12.0 Å². The van der Waals surface area contributed by atoms with E-state index in [-0.39, 0.29) is 0 Å². The molecule has 0 rings (SSSR count). The molecule has 13 heavy (non-hydrogen) atoms. The van der Waals surface area contributed by atoms with Gasteiger partial charge in [-0.05, 0) is 0 Å². The van der Waals surface area contributed by atoms with Gasteiger partial charge in [-0.3, -0.25) is 0 Å². The molecule has 0 aliphatic carbocycles. The summed E-state index contributed by atoms with van der Waals surface area (Å²) in [5, 5.41) is 0. The van der Waals surface area contributed by atoms with E-state index in [0.29, 0.717) is 6.04 Å². The zero-order chi connectivity index (χ0) is 11.1. The molecule has 0 aromatic carbocycles. The lowest BCUT2D eigenvalue weighted by molar-refractivity contribution is 1.73. The maximum Gasteiger partial charge on any atom is 0.365 e. The van der Waals surface area contributed by atoms with Crippen molar-refractivity contribution < 1.29 is 0 Å². The second-order valence-corrected chi connectivity index (χ2v) is 19.6. The van der Waals surface area contributed by atoms with Crippen LogP contribution in [0.25, 0.3) is 0 Å². The number of hydrogen-bond acceptors (Lipinski definition) is 0. The molecule has 0 fully saturated rings. The first-order chi connectivity index (χ1) is 5.62. The van der Waals surface area contributed by atoms with Crippen molar-refractivity contribution in [3.05, 3.63) is 24.9 Å². The van der Waals surface area contributed by atoms with Crippen molar-refractivity contribution in [1.29, 1.82) is 0 Å². The molecule has 0 aliphatic rings. The van der Waals surface area contributed by atoms with E-state index in [1.54, 1.807) is 6.08 Å². The van der Waals surface area contributed by atoms with Crippen LogP contribution in [0.3, 0.4) is 0 Å². The zero-order valence-corrected chi connectivity index (χ0v) is 13.1. The van der Waals surface area contributed by atoms with Gasteiger partial charge in [-0.1, -0.05) is 11.8 Å². The average molecular weight is 337 g/mol. The molecule has 0 radical (unpaired) electrons. The highest BCUT2D eigenvalue weighted by atomic mass is 35.8.